The van der Waals surface area contributed by atoms with Gasteiger partial charge in [0.25, 0.3) is 0 Å². The van der Waals surface area contributed by atoms with E-state index in [4.69, 9.17) is 0 Å². The Hall–Kier alpha value is -2.14. The average Bonchev–Trinajstić information content (AvgIpc) is 3.04. The maximum absolute atomic E-state index is 13.1. The van der Waals surface area contributed by atoms with Gasteiger partial charge in [0.15, 0.2) is 0 Å². The highest BCUT2D eigenvalue weighted by Crippen LogP contribution is 2.31. The van der Waals surface area contributed by atoms with Crippen LogP contribution >= 0.6 is 15.9 Å². The molecule has 2 aromatic heterocycles. The molecule has 1 aromatic carbocycles. The predicted octanol–water partition coefficient (Wildman–Crippen LogP) is 4.55. The maximum Gasteiger partial charge on any atom is 0.243 e. The number of benzene rings is 1. The number of hydrogen-bond acceptors (Lipinski definition) is 2. The van der Waals surface area contributed by atoms with Crippen LogP contribution in [0.3, 0.4) is 0 Å². The minimum absolute atomic E-state index is 0.142. The lowest BCUT2D eigenvalue weighted by molar-refractivity contribution is -0.135. The molecule has 128 valence electrons. The van der Waals surface area contributed by atoms with Gasteiger partial charge in [-0.2, -0.15) is 0 Å². The van der Waals surface area contributed by atoms with Gasteiger partial charge in [0, 0.05) is 35.1 Å². The highest BCUT2D eigenvalue weighted by Gasteiger charge is 2.28. The minimum atomic E-state index is 0.142. The van der Waals surface area contributed by atoms with E-state index in [1.165, 1.54) is 0 Å². The highest BCUT2D eigenvalue weighted by molar-refractivity contribution is 9.10. The van der Waals surface area contributed by atoms with Gasteiger partial charge in [-0.25, -0.2) is 0 Å². The van der Waals surface area contributed by atoms with Gasteiger partial charge in [-0.3, -0.25) is 9.78 Å². The molecule has 1 amide bonds. The van der Waals surface area contributed by atoms with Crippen LogP contribution in [0.1, 0.15) is 30.9 Å². The van der Waals surface area contributed by atoms with Crippen molar-refractivity contribution < 1.29 is 4.79 Å². The van der Waals surface area contributed by atoms with Crippen LogP contribution in [0.5, 0.6) is 0 Å². The average molecular weight is 398 g/mol. The summed E-state index contributed by atoms with van der Waals surface area (Å²) >= 11 is 3.52. The largest absolute Gasteiger partial charge is 0.338 e. The molecule has 5 heteroatoms. The Kier molecular flexibility index (Phi) is 4.57. The van der Waals surface area contributed by atoms with E-state index in [-0.39, 0.29) is 11.9 Å². The van der Waals surface area contributed by atoms with Gasteiger partial charge in [-0.1, -0.05) is 28.1 Å². The molecule has 1 atom stereocenters. The van der Waals surface area contributed by atoms with Gasteiger partial charge in [0.05, 0.1) is 6.04 Å². The number of piperidine rings is 1. The number of pyridine rings is 1. The van der Waals surface area contributed by atoms with Crippen LogP contribution in [0.25, 0.3) is 10.9 Å². The van der Waals surface area contributed by atoms with Crippen molar-refractivity contribution in [3.63, 3.8) is 0 Å². The van der Waals surface area contributed by atoms with E-state index >= 15 is 0 Å². The van der Waals surface area contributed by atoms with Crippen LogP contribution in [-0.4, -0.2) is 26.9 Å². The fraction of sp³-hybridized carbons (Fsp3) is 0.300. The number of halogens is 1. The molecule has 1 aliphatic rings. The number of hydrogen-bond donors (Lipinski definition) is 0. The van der Waals surface area contributed by atoms with Crippen LogP contribution in [0, 0.1) is 0 Å². The minimum Gasteiger partial charge on any atom is -0.338 e. The fourth-order valence-corrected chi connectivity index (χ4v) is 4.03. The smallest absolute Gasteiger partial charge is 0.243 e. The SMILES string of the molecule is O=C(Cn1ccc2ccc(Br)cc21)N1CCCC[C@@H]1c1cccnc1. The van der Waals surface area contributed by atoms with Crippen molar-refractivity contribution in [2.24, 2.45) is 0 Å². The second-order valence-corrected chi connectivity index (χ2v) is 7.45. The lowest BCUT2D eigenvalue weighted by Crippen LogP contribution is -2.40. The maximum atomic E-state index is 13.1. The Morgan fingerprint density at radius 2 is 2.16 bits per heavy atom. The third kappa shape index (κ3) is 3.33. The van der Waals surface area contributed by atoms with E-state index in [9.17, 15) is 4.79 Å². The lowest BCUT2D eigenvalue weighted by Gasteiger charge is -2.36. The standard InChI is InChI=1S/C20H20BrN3O/c21-17-7-6-15-8-11-23(19(15)12-17)14-20(25)24-10-2-1-5-18(24)16-4-3-9-22-13-16/h3-4,6-9,11-13,18H,1-2,5,10,14H2/t18-/m1/s1. The third-order valence-corrected chi connectivity index (χ3v) is 5.43. The summed E-state index contributed by atoms with van der Waals surface area (Å²) in [6.07, 6.45) is 8.90. The molecule has 3 heterocycles. The summed E-state index contributed by atoms with van der Waals surface area (Å²) in [5.41, 5.74) is 2.22. The first-order chi connectivity index (χ1) is 12.2. The molecule has 1 aliphatic heterocycles. The second kappa shape index (κ2) is 7.00. The van der Waals surface area contributed by atoms with Gasteiger partial charge in [-0.05, 0) is 54.5 Å². The first-order valence-electron chi connectivity index (χ1n) is 8.66. The van der Waals surface area contributed by atoms with Crippen molar-refractivity contribution in [3.8, 4) is 0 Å². The Balaban J connectivity index is 1.59. The quantitative estimate of drug-likeness (QED) is 0.649. The van der Waals surface area contributed by atoms with Crippen molar-refractivity contribution in [2.45, 2.75) is 31.8 Å². The van der Waals surface area contributed by atoms with Gasteiger partial charge in [-0.15, -0.1) is 0 Å². The number of nitrogens with zero attached hydrogens (tertiary/aromatic N) is 3. The lowest BCUT2D eigenvalue weighted by atomic mass is 9.96. The van der Waals surface area contributed by atoms with Crippen LogP contribution in [0.15, 0.2) is 59.5 Å². The second-order valence-electron chi connectivity index (χ2n) is 6.53. The summed E-state index contributed by atoms with van der Waals surface area (Å²) < 4.78 is 3.07. The van der Waals surface area contributed by atoms with Crippen LogP contribution in [0.4, 0.5) is 0 Å². The predicted molar refractivity (Wildman–Crippen MR) is 102 cm³/mol. The molecular formula is C20H20BrN3O. The summed E-state index contributed by atoms with van der Waals surface area (Å²) in [6.45, 7) is 1.19. The number of fused-ring (bicyclic) bond motifs is 1. The summed E-state index contributed by atoms with van der Waals surface area (Å²) in [4.78, 5) is 19.3. The topological polar surface area (TPSA) is 38.1 Å². The number of rotatable bonds is 3. The van der Waals surface area contributed by atoms with Crippen LogP contribution in [0.2, 0.25) is 0 Å². The summed E-state index contributed by atoms with van der Waals surface area (Å²) in [5, 5.41) is 1.15. The van der Waals surface area contributed by atoms with E-state index in [0.29, 0.717) is 6.54 Å². The number of amides is 1. The molecule has 3 aromatic rings. The van der Waals surface area contributed by atoms with Crippen molar-refractivity contribution in [3.05, 3.63) is 65.0 Å². The Morgan fingerprint density at radius 1 is 1.24 bits per heavy atom. The molecular weight excluding hydrogens is 378 g/mol. The van der Waals surface area contributed by atoms with E-state index in [1.807, 2.05) is 34.0 Å². The van der Waals surface area contributed by atoms with Crippen molar-refractivity contribution >= 4 is 32.7 Å². The number of carbonyl (C=O) groups excluding carboxylic acids is 1. The zero-order valence-electron chi connectivity index (χ0n) is 13.9. The third-order valence-electron chi connectivity index (χ3n) is 4.93. The van der Waals surface area contributed by atoms with Crippen molar-refractivity contribution in [2.75, 3.05) is 6.54 Å². The molecule has 0 bridgehead atoms. The van der Waals surface area contributed by atoms with E-state index in [1.54, 1.807) is 6.20 Å². The van der Waals surface area contributed by atoms with E-state index in [0.717, 1.165) is 46.7 Å². The van der Waals surface area contributed by atoms with Crippen molar-refractivity contribution in [1.29, 1.82) is 0 Å². The van der Waals surface area contributed by atoms with Gasteiger partial charge in [0.2, 0.25) is 5.91 Å². The fourth-order valence-electron chi connectivity index (χ4n) is 3.68. The highest BCUT2D eigenvalue weighted by atomic mass is 79.9. The van der Waals surface area contributed by atoms with Crippen molar-refractivity contribution in [1.82, 2.24) is 14.5 Å². The number of likely N-dealkylation sites (tertiary alicyclic amines) is 1. The van der Waals surface area contributed by atoms with Gasteiger partial charge in [0.1, 0.15) is 6.54 Å². The zero-order valence-corrected chi connectivity index (χ0v) is 15.5. The first kappa shape index (κ1) is 16.3. The number of aromatic nitrogens is 2. The molecule has 1 saturated heterocycles. The Morgan fingerprint density at radius 3 is 3.00 bits per heavy atom. The zero-order chi connectivity index (χ0) is 17.2. The molecule has 1 fully saturated rings. The molecule has 0 radical (unpaired) electrons. The monoisotopic (exact) mass is 397 g/mol. The molecule has 4 nitrogen and oxygen atoms in total. The van der Waals surface area contributed by atoms with E-state index < -0.39 is 0 Å². The molecule has 0 unspecified atom stereocenters. The summed E-state index contributed by atoms with van der Waals surface area (Å²) in [6, 6.07) is 12.4. The van der Waals surface area contributed by atoms with Crippen LogP contribution < -0.4 is 0 Å². The summed E-state index contributed by atoms with van der Waals surface area (Å²) in [5.74, 6) is 0.172. The first-order valence-corrected chi connectivity index (χ1v) is 9.45. The van der Waals surface area contributed by atoms with Crippen LogP contribution in [-0.2, 0) is 11.3 Å². The number of carbonyl (C=O) groups is 1. The molecule has 0 aliphatic carbocycles. The molecule has 0 saturated carbocycles. The summed E-state index contributed by atoms with van der Waals surface area (Å²) in [7, 11) is 0. The van der Waals surface area contributed by atoms with E-state index in [2.05, 4.69) is 45.2 Å². The molecule has 0 N–H and O–H groups in total. The Labute approximate surface area is 155 Å². The Bertz CT molecular complexity index is 890. The molecule has 25 heavy (non-hydrogen) atoms. The van der Waals surface area contributed by atoms with Gasteiger partial charge >= 0.3 is 0 Å². The van der Waals surface area contributed by atoms with Gasteiger partial charge < -0.3 is 9.47 Å². The molecule has 0 spiro atoms. The molecule has 4 rings (SSSR count). The normalized spacial score (nSPS) is 17.8.